The molecule has 4 rings (SSSR count). The van der Waals surface area contributed by atoms with Gasteiger partial charge in [0.1, 0.15) is 6.07 Å². The second-order valence-electron chi connectivity index (χ2n) is 9.00. The summed E-state index contributed by atoms with van der Waals surface area (Å²) >= 11 is 0. The molecule has 1 spiro atoms. The molecule has 0 radical (unpaired) electrons. The number of carbonyl (C=O) groups excluding carboxylic acids is 2. The average Bonchev–Trinajstić information content (AvgIpc) is 3.09. The highest BCUT2D eigenvalue weighted by molar-refractivity contribution is 6.04. The van der Waals surface area contributed by atoms with E-state index in [0.717, 1.165) is 0 Å². The van der Waals surface area contributed by atoms with Crippen molar-refractivity contribution >= 4 is 11.7 Å². The number of amides is 1. The number of benzene rings is 1. The molecule has 146 valence electrons. The van der Waals surface area contributed by atoms with Crippen LogP contribution in [-0.4, -0.2) is 35.6 Å². The molecule has 3 aliphatic rings. The second-order valence-corrected chi connectivity index (χ2v) is 9.00. The minimum atomic E-state index is -2.74. The quantitative estimate of drug-likeness (QED) is 0.772. The molecule has 28 heavy (non-hydrogen) atoms. The van der Waals surface area contributed by atoms with Crippen molar-refractivity contribution in [1.29, 1.82) is 5.26 Å². The van der Waals surface area contributed by atoms with Gasteiger partial charge in [0, 0.05) is 35.9 Å². The lowest BCUT2D eigenvalue weighted by Crippen LogP contribution is -2.40. The van der Waals surface area contributed by atoms with Gasteiger partial charge in [-0.3, -0.25) is 9.59 Å². The van der Waals surface area contributed by atoms with Crippen LogP contribution in [0.4, 0.5) is 8.78 Å². The van der Waals surface area contributed by atoms with E-state index in [9.17, 15) is 23.6 Å². The van der Waals surface area contributed by atoms with E-state index in [1.165, 1.54) is 0 Å². The van der Waals surface area contributed by atoms with Crippen LogP contribution >= 0.6 is 0 Å². The fraction of sp³-hybridized carbons (Fsp3) is 0.500. The van der Waals surface area contributed by atoms with Crippen LogP contribution in [0.15, 0.2) is 35.9 Å². The summed E-state index contributed by atoms with van der Waals surface area (Å²) in [7, 11) is 0. The number of carbonyl (C=O) groups is 2. The van der Waals surface area contributed by atoms with Crippen LogP contribution in [0.1, 0.15) is 54.9 Å². The summed E-state index contributed by atoms with van der Waals surface area (Å²) < 4.78 is 27.2. The highest BCUT2D eigenvalue weighted by Crippen LogP contribution is 2.56. The van der Waals surface area contributed by atoms with Crippen LogP contribution in [0.25, 0.3) is 0 Å². The first kappa shape index (κ1) is 18.8. The zero-order valence-corrected chi connectivity index (χ0v) is 16.0. The maximum absolute atomic E-state index is 13.6. The Morgan fingerprint density at radius 1 is 1.29 bits per heavy atom. The first-order valence-electron chi connectivity index (χ1n) is 9.52. The molecule has 4 nitrogen and oxygen atoms in total. The third-order valence-electron chi connectivity index (χ3n) is 6.29. The summed E-state index contributed by atoms with van der Waals surface area (Å²) in [4.78, 5) is 27.2. The number of ketones is 1. The molecule has 1 aliphatic heterocycles. The number of hydrogen-bond donors (Lipinski definition) is 0. The molecular formula is C22H22F2N2O2. The summed E-state index contributed by atoms with van der Waals surface area (Å²) in [6, 6.07) is 8.60. The van der Waals surface area contributed by atoms with Crippen molar-refractivity contribution in [3.05, 3.63) is 47.0 Å². The summed E-state index contributed by atoms with van der Waals surface area (Å²) in [5.74, 6) is -4.04. The Kier molecular flexibility index (Phi) is 4.01. The van der Waals surface area contributed by atoms with E-state index in [1.54, 1.807) is 35.2 Å². The van der Waals surface area contributed by atoms with Gasteiger partial charge in [-0.05, 0) is 24.5 Å². The Morgan fingerprint density at radius 2 is 1.96 bits per heavy atom. The Hall–Kier alpha value is -2.55. The van der Waals surface area contributed by atoms with Crippen molar-refractivity contribution in [2.24, 2.45) is 10.8 Å². The Bertz CT molecular complexity index is 944. The van der Waals surface area contributed by atoms with Crippen LogP contribution in [0, 0.1) is 22.2 Å². The van der Waals surface area contributed by atoms with Gasteiger partial charge in [-0.15, -0.1) is 0 Å². The zero-order chi connectivity index (χ0) is 20.3. The van der Waals surface area contributed by atoms with Crippen molar-refractivity contribution < 1.29 is 18.4 Å². The van der Waals surface area contributed by atoms with Gasteiger partial charge >= 0.3 is 0 Å². The minimum Gasteiger partial charge on any atom is -0.338 e. The van der Waals surface area contributed by atoms with Crippen molar-refractivity contribution in [2.75, 3.05) is 13.1 Å². The lowest BCUT2D eigenvalue weighted by atomic mass is 9.64. The van der Waals surface area contributed by atoms with E-state index in [-0.39, 0.29) is 23.7 Å². The first-order chi connectivity index (χ1) is 13.1. The summed E-state index contributed by atoms with van der Waals surface area (Å²) in [5, 5.41) is 9.35. The first-order valence-corrected chi connectivity index (χ1v) is 9.52. The Balaban J connectivity index is 1.61. The van der Waals surface area contributed by atoms with E-state index in [1.807, 2.05) is 19.9 Å². The van der Waals surface area contributed by atoms with Gasteiger partial charge in [0.2, 0.25) is 0 Å². The number of hydrogen-bond acceptors (Lipinski definition) is 3. The maximum atomic E-state index is 13.6. The molecule has 0 N–H and O–H groups in total. The molecule has 1 amide bonds. The van der Waals surface area contributed by atoms with Crippen LogP contribution in [0.3, 0.4) is 0 Å². The number of rotatable bonds is 2. The van der Waals surface area contributed by atoms with Crippen molar-refractivity contribution in [3.63, 3.8) is 0 Å². The predicted molar refractivity (Wildman–Crippen MR) is 98.8 cm³/mol. The van der Waals surface area contributed by atoms with Gasteiger partial charge in [0.05, 0.1) is 11.5 Å². The van der Waals surface area contributed by atoms with E-state index in [4.69, 9.17) is 0 Å². The highest BCUT2D eigenvalue weighted by atomic mass is 19.3. The molecular weight excluding hydrogens is 362 g/mol. The number of likely N-dealkylation sites (tertiary alicyclic amines) is 1. The highest BCUT2D eigenvalue weighted by Gasteiger charge is 2.58. The summed E-state index contributed by atoms with van der Waals surface area (Å²) in [6.07, 6.45) is 2.74. The van der Waals surface area contributed by atoms with Crippen molar-refractivity contribution in [3.8, 4) is 6.07 Å². The van der Waals surface area contributed by atoms with Crippen LogP contribution in [0.5, 0.6) is 0 Å². The normalized spacial score (nSPS) is 30.1. The average molecular weight is 384 g/mol. The number of allylic oxidation sites excluding steroid dienone is 1. The van der Waals surface area contributed by atoms with Crippen LogP contribution < -0.4 is 0 Å². The number of nitriles is 1. The fourth-order valence-corrected chi connectivity index (χ4v) is 4.88. The summed E-state index contributed by atoms with van der Waals surface area (Å²) in [6.45, 7) is 4.53. The lowest BCUT2D eigenvalue weighted by molar-refractivity contribution is -0.125. The molecule has 2 fully saturated rings. The summed E-state index contributed by atoms with van der Waals surface area (Å²) in [5.41, 5.74) is -0.185. The van der Waals surface area contributed by atoms with Crippen molar-refractivity contribution in [2.45, 2.75) is 45.0 Å². The fourth-order valence-electron chi connectivity index (χ4n) is 4.88. The molecule has 0 bridgehead atoms. The van der Waals surface area contributed by atoms with Gasteiger partial charge in [-0.25, -0.2) is 8.78 Å². The molecule has 1 heterocycles. The van der Waals surface area contributed by atoms with Gasteiger partial charge in [-0.1, -0.05) is 38.1 Å². The molecule has 1 saturated carbocycles. The van der Waals surface area contributed by atoms with Crippen LogP contribution in [0.2, 0.25) is 0 Å². The zero-order valence-electron chi connectivity index (χ0n) is 16.0. The standard InChI is InChI=1S/C22H22F2N2O2/c1-20(2)12-21(9-14(11-25)18(20)27)7-8-26(13-21)19(28)16-6-4-3-5-15(16)17-10-22(17,23)24/h3-6,9,17H,7-8,10,12-13H2,1-2H3/t17?,21-/m0/s1. The molecule has 0 aromatic heterocycles. The van der Waals surface area contributed by atoms with Gasteiger partial charge < -0.3 is 4.90 Å². The van der Waals surface area contributed by atoms with Gasteiger partial charge in [0.25, 0.3) is 11.8 Å². The van der Waals surface area contributed by atoms with Gasteiger partial charge in [0.15, 0.2) is 5.78 Å². The van der Waals surface area contributed by atoms with Gasteiger partial charge in [-0.2, -0.15) is 5.26 Å². The van der Waals surface area contributed by atoms with E-state index in [0.29, 0.717) is 37.1 Å². The smallest absolute Gasteiger partial charge is 0.255 e. The molecule has 1 unspecified atom stereocenters. The second kappa shape index (κ2) is 5.97. The van der Waals surface area contributed by atoms with E-state index >= 15 is 0 Å². The molecule has 1 aromatic rings. The number of halogens is 2. The topological polar surface area (TPSA) is 61.2 Å². The molecule has 6 heteroatoms. The molecule has 2 aliphatic carbocycles. The Labute approximate surface area is 162 Å². The van der Waals surface area contributed by atoms with Crippen LogP contribution in [-0.2, 0) is 4.79 Å². The van der Waals surface area contributed by atoms with E-state index < -0.39 is 22.7 Å². The molecule has 1 aromatic carbocycles. The number of nitrogens with zero attached hydrogens (tertiary/aromatic N) is 2. The monoisotopic (exact) mass is 384 g/mol. The lowest BCUT2D eigenvalue weighted by Gasteiger charge is -2.38. The molecule has 1 saturated heterocycles. The molecule has 2 atom stereocenters. The number of alkyl halides is 2. The Morgan fingerprint density at radius 3 is 2.61 bits per heavy atom. The SMILES string of the molecule is CC1(C)C[C@@]2(C=C(C#N)C1=O)CCN(C(=O)c1ccccc1C1CC1(F)F)C2. The maximum Gasteiger partial charge on any atom is 0.255 e. The van der Waals surface area contributed by atoms with E-state index in [2.05, 4.69) is 0 Å². The largest absolute Gasteiger partial charge is 0.338 e. The predicted octanol–water partition coefficient (Wildman–Crippen LogP) is 4.09. The third kappa shape index (κ3) is 2.94. The van der Waals surface area contributed by atoms with Crippen molar-refractivity contribution in [1.82, 2.24) is 4.90 Å². The minimum absolute atomic E-state index is 0.156. The third-order valence-corrected chi connectivity index (χ3v) is 6.29. The number of Topliss-reactive ketones (excluding diaryl/α,β-unsaturated/α-hetero) is 1.